The Labute approximate surface area is 134 Å². The molecule has 0 saturated heterocycles. The Hall–Kier alpha value is -0.490. The SMILES string of the molecule is CNc1nc(N(C)Cc2csc(Br)c2)c(Cl)cc1Cl. The average Bonchev–Trinajstić information content (AvgIpc) is 2.74. The number of pyridine rings is 1. The molecule has 1 N–H and O–H groups in total. The first kappa shape index (κ1) is 14.9. The predicted molar refractivity (Wildman–Crippen MR) is 87.9 cm³/mol. The van der Waals surface area contributed by atoms with E-state index >= 15 is 0 Å². The van der Waals surface area contributed by atoms with Gasteiger partial charge in [0.05, 0.1) is 13.8 Å². The van der Waals surface area contributed by atoms with Crippen molar-refractivity contribution in [3.8, 4) is 0 Å². The fourth-order valence-corrected chi connectivity index (χ4v) is 3.48. The third-order valence-electron chi connectivity index (χ3n) is 2.55. The van der Waals surface area contributed by atoms with E-state index in [9.17, 15) is 0 Å². The maximum Gasteiger partial charge on any atom is 0.149 e. The summed E-state index contributed by atoms with van der Waals surface area (Å²) in [5.41, 5.74) is 1.21. The van der Waals surface area contributed by atoms with Gasteiger partial charge in [-0.2, -0.15) is 0 Å². The molecule has 0 fully saturated rings. The molecular weight excluding hydrogens is 369 g/mol. The molecule has 0 aromatic carbocycles. The van der Waals surface area contributed by atoms with Crippen LogP contribution < -0.4 is 10.2 Å². The summed E-state index contributed by atoms with van der Waals surface area (Å²) in [7, 11) is 3.73. The number of hydrogen-bond acceptors (Lipinski definition) is 4. The highest BCUT2D eigenvalue weighted by Gasteiger charge is 2.13. The minimum Gasteiger partial charge on any atom is -0.372 e. The summed E-state index contributed by atoms with van der Waals surface area (Å²) < 4.78 is 1.11. The Morgan fingerprint density at radius 2 is 2.11 bits per heavy atom. The van der Waals surface area contributed by atoms with Gasteiger partial charge < -0.3 is 10.2 Å². The van der Waals surface area contributed by atoms with Crippen LogP contribution in [-0.2, 0) is 6.54 Å². The fourth-order valence-electron chi connectivity index (χ4n) is 1.68. The van der Waals surface area contributed by atoms with Crippen molar-refractivity contribution in [2.45, 2.75) is 6.54 Å². The third kappa shape index (κ3) is 3.54. The van der Waals surface area contributed by atoms with Gasteiger partial charge in [0, 0.05) is 20.6 Å². The summed E-state index contributed by atoms with van der Waals surface area (Å²) >= 11 is 17.4. The van der Waals surface area contributed by atoms with E-state index in [2.05, 4.69) is 37.7 Å². The highest BCUT2D eigenvalue weighted by molar-refractivity contribution is 9.11. The third-order valence-corrected chi connectivity index (χ3v) is 4.67. The molecule has 0 spiro atoms. The average molecular weight is 381 g/mol. The van der Waals surface area contributed by atoms with E-state index in [4.69, 9.17) is 23.2 Å². The van der Waals surface area contributed by atoms with Crippen LogP contribution in [0.4, 0.5) is 11.6 Å². The fraction of sp³-hybridized carbons (Fsp3) is 0.250. The van der Waals surface area contributed by atoms with E-state index in [1.165, 1.54) is 5.56 Å². The maximum atomic E-state index is 6.20. The Kier molecular flexibility index (Phi) is 4.95. The van der Waals surface area contributed by atoms with Crippen LogP contribution in [0.25, 0.3) is 0 Å². The molecule has 0 aliphatic rings. The molecule has 0 atom stereocenters. The van der Waals surface area contributed by atoms with Crippen LogP contribution in [0.15, 0.2) is 21.3 Å². The van der Waals surface area contributed by atoms with Crippen molar-refractivity contribution in [2.75, 3.05) is 24.3 Å². The molecule has 2 heterocycles. The van der Waals surface area contributed by atoms with Gasteiger partial charge in [-0.05, 0) is 39.0 Å². The minimum atomic E-state index is 0.517. The van der Waals surface area contributed by atoms with Crippen LogP contribution in [0.3, 0.4) is 0 Å². The number of nitrogens with one attached hydrogen (secondary N) is 1. The van der Waals surface area contributed by atoms with Crippen molar-refractivity contribution < 1.29 is 0 Å². The molecular formula is C12H12BrCl2N3S. The largest absolute Gasteiger partial charge is 0.372 e. The summed E-state index contributed by atoms with van der Waals surface area (Å²) in [5.74, 6) is 1.33. The molecule has 102 valence electrons. The smallest absolute Gasteiger partial charge is 0.149 e. The molecule has 2 aromatic rings. The van der Waals surface area contributed by atoms with Crippen molar-refractivity contribution in [2.24, 2.45) is 0 Å². The second-order valence-corrected chi connectivity index (χ2v) is 7.09. The van der Waals surface area contributed by atoms with Crippen molar-refractivity contribution in [1.29, 1.82) is 0 Å². The first-order valence-corrected chi connectivity index (χ1v) is 7.92. The van der Waals surface area contributed by atoms with E-state index in [-0.39, 0.29) is 0 Å². The van der Waals surface area contributed by atoms with E-state index in [1.807, 2.05) is 11.9 Å². The van der Waals surface area contributed by atoms with Crippen molar-refractivity contribution >= 4 is 62.1 Å². The van der Waals surface area contributed by atoms with E-state index in [0.717, 1.165) is 10.3 Å². The highest BCUT2D eigenvalue weighted by atomic mass is 79.9. The van der Waals surface area contributed by atoms with Crippen LogP contribution >= 0.6 is 50.5 Å². The number of nitrogens with zero attached hydrogens (tertiary/aromatic N) is 2. The quantitative estimate of drug-likeness (QED) is 0.818. The highest BCUT2D eigenvalue weighted by Crippen LogP contribution is 2.32. The van der Waals surface area contributed by atoms with E-state index in [0.29, 0.717) is 21.7 Å². The Morgan fingerprint density at radius 1 is 1.37 bits per heavy atom. The van der Waals surface area contributed by atoms with Gasteiger partial charge >= 0.3 is 0 Å². The standard InChI is InChI=1S/C12H12BrCl2N3S/c1-16-11-8(14)4-9(15)12(17-11)18(2)5-7-3-10(13)19-6-7/h3-4,6H,5H2,1-2H3,(H,16,17). The molecule has 3 nitrogen and oxygen atoms in total. The lowest BCUT2D eigenvalue weighted by Gasteiger charge is -2.20. The molecule has 2 aromatic heterocycles. The normalized spacial score (nSPS) is 10.6. The van der Waals surface area contributed by atoms with Gasteiger partial charge in [-0.1, -0.05) is 23.2 Å². The molecule has 0 unspecified atom stereocenters. The number of halogens is 3. The number of hydrogen-bond donors (Lipinski definition) is 1. The Morgan fingerprint density at radius 3 is 2.68 bits per heavy atom. The van der Waals surface area contributed by atoms with Gasteiger partial charge in [0.2, 0.25) is 0 Å². The first-order chi connectivity index (χ1) is 9.01. The molecule has 0 radical (unpaired) electrons. The number of thiophene rings is 1. The van der Waals surface area contributed by atoms with E-state index < -0.39 is 0 Å². The van der Waals surface area contributed by atoms with Crippen LogP contribution in [0.2, 0.25) is 10.0 Å². The number of rotatable bonds is 4. The molecule has 0 aliphatic carbocycles. The molecule has 2 rings (SSSR count). The molecule has 0 amide bonds. The minimum absolute atomic E-state index is 0.517. The topological polar surface area (TPSA) is 28.2 Å². The monoisotopic (exact) mass is 379 g/mol. The second-order valence-electron chi connectivity index (χ2n) is 3.99. The van der Waals surface area contributed by atoms with Crippen LogP contribution in [-0.4, -0.2) is 19.1 Å². The summed E-state index contributed by atoms with van der Waals surface area (Å²) in [4.78, 5) is 6.43. The molecule has 0 aliphatic heterocycles. The summed E-state index contributed by atoms with van der Waals surface area (Å²) in [5, 5.41) is 6.11. The van der Waals surface area contributed by atoms with Crippen molar-refractivity contribution in [3.63, 3.8) is 0 Å². The zero-order valence-corrected chi connectivity index (χ0v) is 14.3. The number of anilines is 2. The molecule has 0 saturated carbocycles. The summed E-state index contributed by atoms with van der Waals surface area (Å²) in [6.07, 6.45) is 0. The molecule has 7 heteroatoms. The van der Waals surface area contributed by atoms with Gasteiger partial charge in [0.1, 0.15) is 11.6 Å². The lowest BCUT2D eigenvalue weighted by molar-refractivity contribution is 0.902. The summed E-state index contributed by atoms with van der Waals surface area (Å²) in [6, 6.07) is 3.79. The van der Waals surface area contributed by atoms with Crippen LogP contribution in [0.1, 0.15) is 5.56 Å². The van der Waals surface area contributed by atoms with Crippen molar-refractivity contribution in [1.82, 2.24) is 4.98 Å². The predicted octanol–water partition coefficient (Wildman–Crippen LogP) is 4.89. The zero-order chi connectivity index (χ0) is 14.0. The van der Waals surface area contributed by atoms with Gasteiger partial charge in [-0.15, -0.1) is 11.3 Å². The first-order valence-electron chi connectivity index (χ1n) is 5.49. The van der Waals surface area contributed by atoms with Gasteiger partial charge in [-0.25, -0.2) is 4.98 Å². The lowest BCUT2D eigenvalue weighted by Crippen LogP contribution is -2.18. The zero-order valence-electron chi connectivity index (χ0n) is 10.4. The van der Waals surface area contributed by atoms with Gasteiger partial charge in [-0.3, -0.25) is 0 Å². The van der Waals surface area contributed by atoms with Crippen molar-refractivity contribution in [3.05, 3.63) is 36.9 Å². The van der Waals surface area contributed by atoms with Gasteiger partial charge in [0.25, 0.3) is 0 Å². The maximum absolute atomic E-state index is 6.20. The van der Waals surface area contributed by atoms with E-state index in [1.54, 1.807) is 24.5 Å². The van der Waals surface area contributed by atoms with Crippen LogP contribution in [0.5, 0.6) is 0 Å². The number of aromatic nitrogens is 1. The Bertz CT molecular complexity index is 588. The second kappa shape index (κ2) is 6.31. The lowest BCUT2D eigenvalue weighted by atomic mass is 10.3. The van der Waals surface area contributed by atoms with Gasteiger partial charge in [0.15, 0.2) is 0 Å². The summed E-state index contributed by atoms with van der Waals surface area (Å²) in [6.45, 7) is 0.736. The molecule has 19 heavy (non-hydrogen) atoms. The van der Waals surface area contributed by atoms with Crippen LogP contribution in [0, 0.1) is 0 Å². The Balaban J connectivity index is 2.25. The molecule has 0 bridgehead atoms.